The molecule has 2 rings (SSSR count). The fraction of sp³-hybridized carbons (Fsp3) is 0.538. The van der Waals surface area contributed by atoms with Crippen LogP contribution < -0.4 is 5.32 Å². The Kier molecular flexibility index (Phi) is 4.82. The smallest absolute Gasteiger partial charge is 0.0717 e. The van der Waals surface area contributed by atoms with E-state index in [9.17, 15) is 0 Å². The summed E-state index contributed by atoms with van der Waals surface area (Å²) in [5.74, 6) is 0.822. The van der Waals surface area contributed by atoms with Gasteiger partial charge in [-0.1, -0.05) is 28.1 Å². The summed E-state index contributed by atoms with van der Waals surface area (Å²) in [6.07, 6.45) is 2.49. The van der Waals surface area contributed by atoms with Crippen LogP contribution in [0.25, 0.3) is 0 Å². The predicted octanol–water partition coefficient (Wildman–Crippen LogP) is 2.97. The number of hydrogen-bond acceptors (Lipinski definition) is 2. The Balaban J connectivity index is 1.64. The van der Waals surface area contributed by atoms with Crippen molar-refractivity contribution in [1.82, 2.24) is 5.32 Å². The molecule has 1 aromatic carbocycles. The molecule has 1 fully saturated rings. The number of rotatable bonds is 5. The van der Waals surface area contributed by atoms with Crippen LogP contribution in [0.1, 0.15) is 18.4 Å². The van der Waals surface area contributed by atoms with E-state index in [0.717, 1.165) is 23.6 Å². The standard InChI is InChI=1S/C13H18BrNO/c14-13-3-1-2-12(8-13)10-16-7-5-11-4-6-15-9-11/h1-3,8,11,15H,4-7,9-10H2. The Morgan fingerprint density at radius 2 is 2.38 bits per heavy atom. The van der Waals surface area contributed by atoms with E-state index in [1.54, 1.807) is 0 Å². The quantitative estimate of drug-likeness (QED) is 0.839. The van der Waals surface area contributed by atoms with Crippen molar-refractivity contribution in [2.75, 3.05) is 19.7 Å². The number of nitrogens with one attached hydrogen (secondary N) is 1. The van der Waals surface area contributed by atoms with Crippen LogP contribution in [0.15, 0.2) is 28.7 Å². The van der Waals surface area contributed by atoms with Crippen LogP contribution in [0.3, 0.4) is 0 Å². The third kappa shape index (κ3) is 3.89. The zero-order valence-corrected chi connectivity index (χ0v) is 11.0. The molecule has 2 nitrogen and oxygen atoms in total. The van der Waals surface area contributed by atoms with Gasteiger partial charge >= 0.3 is 0 Å². The molecule has 1 aromatic rings. The number of halogens is 1. The van der Waals surface area contributed by atoms with Crippen molar-refractivity contribution in [1.29, 1.82) is 0 Å². The van der Waals surface area contributed by atoms with Gasteiger partial charge in [-0.2, -0.15) is 0 Å². The molecule has 88 valence electrons. The molecule has 0 amide bonds. The van der Waals surface area contributed by atoms with Crippen molar-refractivity contribution in [3.8, 4) is 0 Å². The van der Waals surface area contributed by atoms with Crippen LogP contribution in [0.2, 0.25) is 0 Å². The number of benzene rings is 1. The number of hydrogen-bond donors (Lipinski definition) is 1. The zero-order valence-electron chi connectivity index (χ0n) is 9.42. The Labute approximate surface area is 106 Å². The average Bonchev–Trinajstić information content (AvgIpc) is 2.77. The van der Waals surface area contributed by atoms with Gasteiger partial charge in [0, 0.05) is 11.1 Å². The van der Waals surface area contributed by atoms with Crippen molar-refractivity contribution in [3.05, 3.63) is 34.3 Å². The minimum absolute atomic E-state index is 0.722. The summed E-state index contributed by atoms with van der Waals surface area (Å²) in [6.45, 7) is 3.94. The lowest BCUT2D eigenvalue weighted by atomic mass is 10.1. The summed E-state index contributed by atoms with van der Waals surface area (Å²) in [4.78, 5) is 0. The molecule has 1 atom stereocenters. The summed E-state index contributed by atoms with van der Waals surface area (Å²) in [5.41, 5.74) is 1.24. The van der Waals surface area contributed by atoms with Gasteiger partial charge in [0.05, 0.1) is 6.61 Å². The van der Waals surface area contributed by atoms with Crippen LogP contribution in [0.5, 0.6) is 0 Å². The van der Waals surface area contributed by atoms with E-state index in [2.05, 4.69) is 33.4 Å². The van der Waals surface area contributed by atoms with Crippen molar-refractivity contribution >= 4 is 15.9 Å². The third-order valence-corrected chi connectivity index (χ3v) is 3.48. The molecule has 1 heterocycles. The van der Waals surface area contributed by atoms with Crippen molar-refractivity contribution < 1.29 is 4.74 Å². The maximum Gasteiger partial charge on any atom is 0.0717 e. The molecule has 0 radical (unpaired) electrons. The highest BCUT2D eigenvalue weighted by atomic mass is 79.9. The molecular formula is C13H18BrNO. The van der Waals surface area contributed by atoms with E-state index >= 15 is 0 Å². The maximum absolute atomic E-state index is 5.69. The van der Waals surface area contributed by atoms with Crippen LogP contribution in [0.4, 0.5) is 0 Å². The average molecular weight is 284 g/mol. The molecule has 16 heavy (non-hydrogen) atoms. The minimum atomic E-state index is 0.722. The van der Waals surface area contributed by atoms with Crippen LogP contribution in [0, 0.1) is 5.92 Å². The SMILES string of the molecule is Brc1cccc(COCCC2CCNC2)c1. The first-order valence-electron chi connectivity index (χ1n) is 5.87. The summed E-state index contributed by atoms with van der Waals surface area (Å²) in [5, 5.41) is 3.38. The largest absolute Gasteiger partial charge is 0.377 e. The molecule has 1 N–H and O–H groups in total. The van der Waals surface area contributed by atoms with Gasteiger partial charge in [-0.25, -0.2) is 0 Å². The van der Waals surface area contributed by atoms with Gasteiger partial charge < -0.3 is 10.1 Å². The molecule has 1 unspecified atom stereocenters. The second-order valence-corrected chi connectivity index (χ2v) is 5.25. The van der Waals surface area contributed by atoms with Gasteiger partial charge in [-0.15, -0.1) is 0 Å². The molecule has 0 saturated carbocycles. The molecule has 3 heteroatoms. The Hall–Kier alpha value is -0.380. The van der Waals surface area contributed by atoms with Crippen LogP contribution in [-0.4, -0.2) is 19.7 Å². The van der Waals surface area contributed by atoms with Crippen LogP contribution in [-0.2, 0) is 11.3 Å². The first kappa shape index (κ1) is 12.1. The summed E-state index contributed by atoms with van der Waals surface area (Å²) in [6, 6.07) is 8.29. The van der Waals surface area contributed by atoms with Gasteiger partial charge in [0.1, 0.15) is 0 Å². The fourth-order valence-electron chi connectivity index (χ4n) is 2.03. The highest BCUT2D eigenvalue weighted by molar-refractivity contribution is 9.10. The van der Waals surface area contributed by atoms with E-state index in [0.29, 0.717) is 0 Å². The lowest BCUT2D eigenvalue weighted by Gasteiger charge is -2.08. The van der Waals surface area contributed by atoms with E-state index in [1.165, 1.54) is 31.5 Å². The maximum atomic E-state index is 5.69. The molecule has 0 bridgehead atoms. The van der Waals surface area contributed by atoms with Crippen molar-refractivity contribution in [2.45, 2.75) is 19.4 Å². The van der Waals surface area contributed by atoms with Gasteiger partial charge in [0.25, 0.3) is 0 Å². The van der Waals surface area contributed by atoms with E-state index in [4.69, 9.17) is 4.74 Å². The van der Waals surface area contributed by atoms with E-state index < -0.39 is 0 Å². The van der Waals surface area contributed by atoms with Gasteiger partial charge in [0.2, 0.25) is 0 Å². The molecular weight excluding hydrogens is 266 g/mol. The molecule has 1 saturated heterocycles. The highest BCUT2D eigenvalue weighted by Gasteiger charge is 2.13. The Bertz CT molecular complexity index is 323. The summed E-state index contributed by atoms with van der Waals surface area (Å²) in [7, 11) is 0. The molecule has 1 aliphatic rings. The summed E-state index contributed by atoms with van der Waals surface area (Å²) >= 11 is 3.46. The summed E-state index contributed by atoms with van der Waals surface area (Å²) < 4.78 is 6.81. The predicted molar refractivity (Wildman–Crippen MR) is 69.4 cm³/mol. The van der Waals surface area contributed by atoms with E-state index in [1.807, 2.05) is 12.1 Å². The number of ether oxygens (including phenoxy) is 1. The molecule has 1 aliphatic heterocycles. The second-order valence-electron chi connectivity index (χ2n) is 4.33. The topological polar surface area (TPSA) is 21.3 Å². The fourth-order valence-corrected chi connectivity index (χ4v) is 2.47. The zero-order chi connectivity index (χ0) is 11.2. The van der Waals surface area contributed by atoms with Crippen molar-refractivity contribution in [3.63, 3.8) is 0 Å². The minimum Gasteiger partial charge on any atom is -0.377 e. The molecule has 0 spiro atoms. The molecule has 0 aromatic heterocycles. The monoisotopic (exact) mass is 283 g/mol. The second kappa shape index (κ2) is 6.38. The van der Waals surface area contributed by atoms with Gasteiger partial charge in [-0.05, 0) is 49.5 Å². The Morgan fingerprint density at radius 1 is 1.44 bits per heavy atom. The van der Waals surface area contributed by atoms with Gasteiger partial charge in [0.15, 0.2) is 0 Å². The third-order valence-electron chi connectivity index (χ3n) is 2.99. The van der Waals surface area contributed by atoms with Crippen molar-refractivity contribution in [2.24, 2.45) is 5.92 Å². The van der Waals surface area contributed by atoms with Crippen LogP contribution >= 0.6 is 15.9 Å². The van der Waals surface area contributed by atoms with E-state index in [-0.39, 0.29) is 0 Å². The normalized spacial score (nSPS) is 20.2. The molecule has 0 aliphatic carbocycles. The first-order valence-corrected chi connectivity index (χ1v) is 6.67. The lowest BCUT2D eigenvalue weighted by Crippen LogP contribution is -2.10. The van der Waals surface area contributed by atoms with Gasteiger partial charge in [-0.3, -0.25) is 0 Å². The highest BCUT2D eigenvalue weighted by Crippen LogP contribution is 2.14. The first-order chi connectivity index (χ1) is 7.84. The lowest BCUT2D eigenvalue weighted by molar-refractivity contribution is 0.109. The Morgan fingerprint density at radius 3 is 3.12 bits per heavy atom.